The van der Waals surface area contributed by atoms with E-state index in [4.69, 9.17) is 11.6 Å². The normalized spacial score (nSPS) is 21.3. The summed E-state index contributed by atoms with van der Waals surface area (Å²) in [6.45, 7) is 13.9. The minimum atomic E-state index is 0.144. The van der Waals surface area contributed by atoms with Gasteiger partial charge in [0.25, 0.3) is 0 Å². The van der Waals surface area contributed by atoms with Crippen LogP contribution in [0.5, 0.6) is 0 Å². The first-order valence-corrected chi connectivity index (χ1v) is 12.5. The van der Waals surface area contributed by atoms with E-state index < -0.39 is 0 Å². The maximum atomic E-state index is 6.59. The lowest BCUT2D eigenvalue weighted by molar-refractivity contribution is 0.143. The molecule has 3 fully saturated rings. The molecule has 33 heavy (non-hydrogen) atoms. The Bertz CT molecular complexity index is 1040. The van der Waals surface area contributed by atoms with Crippen LogP contribution in [0.3, 0.4) is 0 Å². The molecule has 2 saturated heterocycles. The molecule has 1 aliphatic carbocycles. The lowest BCUT2D eigenvalue weighted by atomic mass is 9.99. The van der Waals surface area contributed by atoms with E-state index in [1.807, 2.05) is 12.3 Å². The summed E-state index contributed by atoms with van der Waals surface area (Å²) >= 11 is 6.59. The molecule has 1 N–H and O–H groups in total. The van der Waals surface area contributed by atoms with Gasteiger partial charge in [0.1, 0.15) is 0 Å². The molecule has 1 aromatic carbocycles. The van der Waals surface area contributed by atoms with Gasteiger partial charge in [0.15, 0.2) is 0 Å². The number of anilines is 2. The van der Waals surface area contributed by atoms with Crippen molar-refractivity contribution in [1.82, 2.24) is 14.8 Å². The first kappa shape index (κ1) is 22.3. The van der Waals surface area contributed by atoms with E-state index in [0.717, 1.165) is 55.4 Å². The Hall–Kier alpha value is -2.50. The fraction of sp³-hybridized carbons (Fsp3) is 0.444. The Morgan fingerprint density at radius 1 is 1.09 bits per heavy atom. The van der Waals surface area contributed by atoms with Gasteiger partial charge < -0.3 is 20.0 Å². The second kappa shape index (κ2) is 9.40. The van der Waals surface area contributed by atoms with Crippen molar-refractivity contribution in [1.29, 1.82) is 0 Å². The molecule has 2 aliphatic heterocycles. The molecule has 1 atom stereocenters. The highest BCUT2D eigenvalue weighted by Gasteiger charge is 2.31. The van der Waals surface area contributed by atoms with Crippen LogP contribution in [0.15, 0.2) is 55.5 Å². The number of hydrogen-bond donors (Lipinski definition) is 1. The monoisotopic (exact) mass is 463 g/mol. The molecular formula is C27H34ClN5. The van der Waals surface area contributed by atoms with Crippen molar-refractivity contribution in [3.8, 4) is 0 Å². The Morgan fingerprint density at radius 3 is 2.61 bits per heavy atom. The zero-order chi connectivity index (χ0) is 22.9. The fourth-order valence-electron chi connectivity index (χ4n) is 5.11. The molecule has 3 heterocycles. The van der Waals surface area contributed by atoms with E-state index in [1.165, 1.54) is 36.9 Å². The van der Waals surface area contributed by atoms with Crippen LogP contribution in [0.25, 0.3) is 5.70 Å². The van der Waals surface area contributed by atoms with Crippen molar-refractivity contribution in [2.45, 2.75) is 31.7 Å². The van der Waals surface area contributed by atoms with Crippen LogP contribution in [-0.4, -0.2) is 54.6 Å². The smallest absolute Gasteiger partial charge is 0.0685 e. The lowest BCUT2D eigenvalue weighted by Crippen LogP contribution is -2.45. The van der Waals surface area contributed by atoms with Gasteiger partial charge in [0, 0.05) is 73.4 Å². The van der Waals surface area contributed by atoms with Crippen molar-refractivity contribution in [2.75, 3.05) is 50.0 Å². The van der Waals surface area contributed by atoms with Gasteiger partial charge in [-0.25, -0.2) is 0 Å². The molecular weight excluding hydrogens is 430 g/mol. The Kier molecular flexibility index (Phi) is 6.35. The van der Waals surface area contributed by atoms with Crippen LogP contribution < -0.4 is 10.2 Å². The predicted molar refractivity (Wildman–Crippen MR) is 139 cm³/mol. The number of benzene rings is 1. The number of pyridine rings is 1. The summed E-state index contributed by atoms with van der Waals surface area (Å²) in [5.74, 6) is 0.631. The average Bonchev–Trinajstić information content (AvgIpc) is 3.53. The van der Waals surface area contributed by atoms with Crippen molar-refractivity contribution >= 4 is 28.7 Å². The molecule has 0 amide bonds. The highest BCUT2D eigenvalue weighted by molar-refractivity contribution is 6.31. The molecule has 0 radical (unpaired) electrons. The quantitative estimate of drug-likeness (QED) is 0.575. The maximum absolute atomic E-state index is 6.59. The number of aromatic nitrogens is 1. The Labute approximate surface area is 202 Å². The largest absolute Gasteiger partial charge is 0.371 e. The minimum Gasteiger partial charge on any atom is -0.371 e. The summed E-state index contributed by atoms with van der Waals surface area (Å²) in [6, 6.07) is 8.90. The number of halogens is 1. The maximum Gasteiger partial charge on any atom is 0.0685 e. The summed E-state index contributed by atoms with van der Waals surface area (Å²) in [7, 11) is 2.17. The summed E-state index contributed by atoms with van der Waals surface area (Å²) < 4.78 is 0. The fourth-order valence-corrected chi connectivity index (χ4v) is 5.36. The second-order valence-corrected chi connectivity index (χ2v) is 10.1. The van der Waals surface area contributed by atoms with E-state index in [1.54, 1.807) is 6.20 Å². The van der Waals surface area contributed by atoms with E-state index in [-0.39, 0.29) is 6.04 Å². The third kappa shape index (κ3) is 4.75. The number of allylic oxidation sites excluding steroid dienone is 1. The van der Waals surface area contributed by atoms with Crippen LogP contribution in [-0.2, 0) is 0 Å². The molecule has 5 rings (SSSR count). The first-order valence-electron chi connectivity index (χ1n) is 12.1. The summed E-state index contributed by atoms with van der Waals surface area (Å²) in [6.07, 6.45) is 8.56. The highest BCUT2D eigenvalue weighted by Crippen LogP contribution is 2.40. The summed E-state index contributed by atoms with van der Waals surface area (Å²) in [5.41, 5.74) is 6.92. The topological polar surface area (TPSA) is 34.6 Å². The number of nitrogens with one attached hydrogen (secondary N) is 1. The number of likely N-dealkylation sites (N-methyl/N-ethyl adjacent to an activating group) is 1. The van der Waals surface area contributed by atoms with Gasteiger partial charge >= 0.3 is 0 Å². The highest BCUT2D eigenvalue weighted by atomic mass is 35.5. The van der Waals surface area contributed by atoms with Crippen molar-refractivity contribution < 1.29 is 0 Å². The molecule has 174 valence electrons. The second-order valence-electron chi connectivity index (χ2n) is 9.67. The number of hydrogen-bond acceptors (Lipinski definition) is 5. The third-order valence-electron chi connectivity index (χ3n) is 7.22. The SMILES string of the molecule is C=C(Nc1ccc(C(=C)N2CCN(C)CC2c2ccncc2Cl)c(N2CCCC2)c1)C1CC1. The van der Waals surface area contributed by atoms with Gasteiger partial charge in [-0.1, -0.05) is 24.8 Å². The number of rotatable bonds is 7. The van der Waals surface area contributed by atoms with Crippen molar-refractivity contribution in [3.63, 3.8) is 0 Å². The Balaban J connectivity index is 1.47. The van der Waals surface area contributed by atoms with E-state index in [0.29, 0.717) is 10.9 Å². The molecule has 1 unspecified atom stereocenters. The van der Waals surface area contributed by atoms with E-state index >= 15 is 0 Å². The van der Waals surface area contributed by atoms with Crippen LogP contribution in [0, 0.1) is 5.92 Å². The van der Waals surface area contributed by atoms with Crippen LogP contribution in [0.4, 0.5) is 11.4 Å². The lowest BCUT2D eigenvalue weighted by Gasteiger charge is -2.43. The molecule has 0 spiro atoms. The van der Waals surface area contributed by atoms with Crippen LogP contribution >= 0.6 is 11.6 Å². The van der Waals surface area contributed by atoms with Gasteiger partial charge in [-0.2, -0.15) is 0 Å². The molecule has 5 nitrogen and oxygen atoms in total. The number of piperazine rings is 1. The number of nitrogens with zero attached hydrogens (tertiary/aromatic N) is 4. The molecule has 1 aromatic heterocycles. The zero-order valence-corrected chi connectivity index (χ0v) is 20.3. The van der Waals surface area contributed by atoms with Gasteiger partial charge in [-0.3, -0.25) is 4.98 Å². The molecule has 1 saturated carbocycles. The molecule has 2 aromatic rings. The summed E-state index contributed by atoms with van der Waals surface area (Å²) in [5, 5.41) is 4.28. The van der Waals surface area contributed by atoms with E-state index in [2.05, 4.69) is 63.4 Å². The van der Waals surface area contributed by atoms with Crippen molar-refractivity contribution in [3.05, 3.63) is 71.7 Å². The zero-order valence-electron chi connectivity index (χ0n) is 19.6. The van der Waals surface area contributed by atoms with Gasteiger partial charge in [0.05, 0.1) is 11.1 Å². The standard InChI is InChI=1S/C27H34ClN5/c1-19(21-6-7-21)30-22-8-9-23(26(16-22)32-12-4-5-13-32)20(2)33-15-14-31(3)18-27(33)24-10-11-29-17-25(24)28/h8-11,16-17,21,27,30H,1-2,4-7,12-15,18H2,3H3. The van der Waals surface area contributed by atoms with Crippen LogP contribution in [0.1, 0.15) is 42.9 Å². The van der Waals surface area contributed by atoms with Crippen LogP contribution in [0.2, 0.25) is 5.02 Å². The third-order valence-corrected chi connectivity index (χ3v) is 7.54. The van der Waals surface area contributed by atoms with Gasteiger partial charge in [0.2, 0.25) is 0 Å². The first-order chi connectivity index (χ1) is 16.0. The minimum absolute atomic E-state index is 0.144. The van der Waals surface area contributed by atoms with E-state index in [9.17, 15) is 0 Å². The predicted octanol–water partition coefficient (Wildman–Crippen LogP) is 5.63. The average molecular weight is 464 g/mol. The van der Waals surface area contributed by atoms with Gasteiger partial charge in [-0.15, -0.1) is 0 Å². The van der Waals surface area contributed by atoms with Crippen molar-refractivity contribution in [2.24, 2.45) is 5.92 Å². The molecule has 3 aliphatic rings. The Morgan fingerprint density at radius 2 is 1.88 bits per heavy atom. The van der Waals surface area contributed by atoms with Gasteiger partial charge in [-0.05, 0) is 68.5 Å². The molecule has 6 heteroatoms. The summed E-state index contributed by atoms with van der Waals surface area (Å²) in [4.78, 5) is 11.5. The molecule has 0 bridgehead atoms.